The lowest BCUT2D eigenvalue weighted by atomic mass is 9.85. The van der Waals surface area contributed by atoms with Crippen LogP contribution < -0.4 is 5.69 Å². The third-order valence-corrected chi connectivity index (χ3v) is 6.92. The normalized spacial score (nSPS) is 11.7. The number of halogens is 1. The minimum atomic E-state index is -0.171. The molecule has 0 fully saturated rings. The van der Waals surface area contributed by atoms with E-state index in [1.807, 2.05) is 59.3 Å². The molecule has 0 saturated carbocycles. The standard InChI is InChI=1S/C29H30ClN7O/c1-5-7-21-18-37(26-24(29(2,3)4)8-6-9-25(26)30)28(38)36(21)17-19-10-12-20(13-11-19)23-16-31-15-14-22(23)27-32-34-35-33-27/h6,8-16,18H,5,7,17H2,1-4H3,(H,32,33,34,35). The molecule has 0 aliphatic heterocycles. The second kappa shape index (κ2) is 10.4. The Morgan fingerprint density at radius 3 is 2.50 bits per heavy atom. The van der Waals surface area contributed by atoms with Crippen molar-refractivity contribution in [3.05, 3.63) is 99.4 Å². The Hall–Kier alpha value is -4.04. The summed E-state index contributed by atoms with van der Waals surface area (Å²) in [6.45, 7) is 8.97. The van der Waals surface area contributed by atoms with Crippen molar-refractivity contribution in [2.75, 3.05) is 0 Å². The summed E-state index contributed by atoms with van der Waals surface area (Å²) in [5.74, 6) is 0.512. The molecule has 3 aromatic heterocycles. The number of aromatic amines is 1. The Morgan fingerprint density at radius 2 is 1.82 bits per heavy atom. The molecular weight excluding hydrogens is 498 g/mol. The monoisotopic (exact) mass is 527 g/mol. The van der Waals surface area contributed by atoms with E-state index >= 15 is 0 Å². The van der Waals surface area contributed by atoms with Crippen molar-refractivity contribution in [3.8, 4) is 28.2 Å². The number of nitrogens with zero attached hydrogens (tertiary/aromatic N) is 6. The molecule has 0 spiro atoms. The zero-order valence-corrected chi connectivity index (χ0v) is 22.7. The lowest BCUT2D eigenvalue weighted by molar-refractivity contribution is 0.584. The molecule has 194 valence electrons. The van der Waals surface area contributed by atoms with Gasteiger partial charge in [-0.25, -0.2) is 4.79 Å². The molecule has 0 bridgehead atoms. The molecule has 0 atom stereocenters. The van der Waals surface area contributed by atoms with Crippen molar-refractivity contribution < 1.29 is 0 Å². The summed E-state index contributed by atoms with van der Waals surface area (Å²) in [6.07, 6.45) is 7.17. The number of nitrogens with one attached hydrogen (secondary N) is 1. The number of hydrogen-bond acceptors (Lipinski definition) is 5. The summed E-state index contributed by atoms with van der Waals surface area (Å²) >= 11 is 6.68. The first-order chi connectivity index (χ1) is 18.3. The van der Waals surface area contributed by atoms with Crippen molar-refractivity contribution in [1.29, 1.82) is 0 Å². The van der Waals surface area contributed by atoms with E-state index in [9.17, 15) is 4.79 Å². The van der Waals surface area contributed by atoms with E-state index in [-0.39, 0.29) is 11.1 Å². The first-order valence-electron chi connectivity index (χ1n) is 12.7. The fourth-order valence-electron chi connectivity index (χ4n) is 4.74. The van der Waals surface area contributed by atoms with E-state index in [1.54, 1.807) is 17.0 Å². The maximum atomic E-state index is 13.8. The van der Waals surface area contributed by atoms with Gasteiger partial charge >= 0.3 is 5.69 Å². The van der Waals surface area contributed by atoms with Crippen LogP contribution in [0.1, 0.15) is 50.9 Å². The molecule has 0 aliphatic carbocycles. The SMILES string of the molecule is CCCc1cn(-c2c(Cl)cccc2C(C)(C)C)c(=O)n1Cc1ccc(-c2cnccc2-c2nn[nH]n2)cc1. The fourth-order valence-corrected chi connectivity index (χ4v) is 5.01. The van der Waals surface area contributed by atoms with Crippen LogP contribution in [0.4, 0.5) is 0 Å². The van der Waals surface area contributed by atoms with Crippen molar-refractivity contribution in [2.24, 2.45) is 0 Å². The van der Waals surface area contributed by atoms with Gasteiger partial charge in [-0.05, 0) is 45.9 Å². The summed E-state index contributed by atoms with van der Waals surface area (Å²) in [7, 11) is 0. The summed E-state index contributed by atoms with van der Waals surface area (Å²) in [5, 5.41) is 15.0. The predicted octanol–water partition coefficient (Wildman–Crippen LogP) is 5.83. The zero-order chi connectivity index (χ0) is 26.9. The largest absolute Gasteiger partial charge is 0.333 e. The van der Waals surface area contributed by atoms with Crippen molar-refractivity contribution >= 4 is 11.6 Å². The number of benzene rings is 2. The highest BCUT2D eigenvalue weighted by molar-refractivity contribution is 6.32. The van der Waals surface area contributed by atoms with Gasteiger partial charge in [0.2, 0.25) is 5.82 Å². The van der Waals surface area contributed by atoms with E-state index in [4.69, 9.17) is 11.6 Å². The number of H-pyrrole nitrogens is 1. The van der Waals surface area contributed by atoms with Crippen LogP contribution in [0.15, 0.2) is 71.9 Å². The van der Waals surface area contributed by atoms with E-state index < -0.39 is 0 Å². The molecule has 0 unspecified atom stereocenters. The highest BCUT2D eigenvalue weighted by atomic mass is 35.5. The zero-order valence-electron chi connectivity index (χ0n) is 21.9. The smallest absolute Gasteiger partial charge is 0.292 e. The number of imidazole rings is 1. The molecule has 0 saturated heterocycles. The van der Waals surface area contributed by atoms with Crippen LogP contribution in [-0.4, -0.2) is 34.7 Å². The fraction of sp³-hybridized carbons (Fsp3) is 0.276. The van der Waals surface area contributed by atoms with Gasteiger partial charge in [0.1, 0.15) is 0 Å². The predicted molar refractivity (Wildman–Crippen MR) is 150 cm³/mol. The van der Waals surface area contributed by atoms with Crippen LogP contribution in [0.25, 0.3) is 28.2 Å². The Bertz CT molecular complexity index is 1610. The van der Waals surface area contributed by atoms with Gasteiger partial charge in [-0.2, -0.15) is 5.21 Å². The molecule has 9 heteroatoms. The highest BCUT2D eigenvalue weighted by Crippen LogP contribution is 2.33. The second-order valence-electron chi connectivity index (χ2n) is 10.3. The van der Waals surface area contributed by atoms with E-state index in [0.29, 0.717) is 17.4 Å². The third-order valence-electron chi connectivity index (χ3n) is 6.62. The molecule has 5 aromatic rings. The van der Waals surface area contributed by atoms with Crippen LogP contribution in [0.2, 0.25) is 5.02 Å². The number of hydrogen-bond donors (Lipinski definition) is 1. The van der Waals surface area contributed by atoms with Crippen molar-refractivity contribution in [3.63, 3.8) is 0 Å². The molecule has 8 nitrogen and oxygen atoms in total. The number of para-hydroxylation sites is 1. The van der Waals surface area contributed by atoms with Crippen LogP contribution in [0.5, 0.6) is 0 Å². The number of aromatic nitrogens is 7. The molecule has 38 heavy (non-hydrogen) atoms. The Balaban J connectivity index is 1.52. The molecule has 0 amide bonds. The molecule has 1 N–H and O–H groups in total. The lowest BCUT2D eigenvalue weighted by Gasteiger charge is -2.23. The third kappa shape index (κ3) is 4.91. The van der Waals surface area contributed by atoms with Gasteiger partial charge in [-0.3, -0.25) is 14.1 Å². The van der Waals surface area contributed by atoms with Gasteiger partial charge in [0, 0.05) is 35.4 Å². The van der Waals surface area contributed by atoms with Gasteiger partial charge in [-0.1, -0.05) is 82.1 Å². The topological polar surface area (TPSA) is 94.3 Å². The van der Waals surface area contributed by atoms with Gasteiger partial charge in [0.05, 0.1) is 17.3 Å². The molecular formula is C29H30ClN7O. The maximum absolute atomic E-state index is 13.8. The van der Waals surface area contributed by atoms with E-state index in [2.05, 4.69) is 53.3 Å². The maximum Gasteiger partial charge on any atom is 0.333 e. The first-order valence-corrected chi connectivity index (χ1v) is 13.0. The van der Waals surface area contributed by atoms with Gasteiger partial charge in [-0.15, -0.1) is 10.2 Å². The second-order valence-corrected chi connectivity index (χ2v) is 10.8. The number of rotatable bonds is 7. The van der Waals surface area contributed by atoms with E-state index in [0.717, 1.165) is 52.0 Å². The van der Waals surface area contributed by atoms with Crippen LogP contribution in [0, 0.1) is 0 Å². The van der Waals surface area contributed by atoms with Crippen LogP contribution >= 0.6 is 11.6 Å². The Kier molecular flexibility index (Phi) is 6.99. The molecule has 3 heterocycles. The first kappa shape index (κ1) is 25.6. The summed E-state index contributed by atoms with van der Waals surface area (Å²) in [4.78, 5) is 18.1. The number of aryl methyl sites for hydroxylation is 1. The highest BCUT2D eigenvalue weighted by Gasteiger charge is 2.23. The van der Waals surface area contributed by atoms with Gasteiger partial charge in [0.15, 0.2) is 0 Å². The Labute approximate surface area is 226 Å². The molecule has 0 radical (unpaired) electrons. The van der Waals surface area contributed by atoms with Crippen molar-refractivity contribution in [2.45, 2.75) is 52.5 Å². The quantitative estimate of drug-likeness (QED) is 0.287. The van der Waals surface area contributed by atoms with Gasteiger partial charge in [0.25, 0.3) is 0 Å². The Morgan fingerprint density at radius 1 is 1.03 bits per heavy atom. The van der Waals surface area contributed by atoms with Crippen LogP contribution in [-0.2, 0) is 18.4 Å². The summed E-state index contributed by atoms with van der Waals surface area (Å²) in [5.41, 5.74) is 6.25. The summed E-state index contributed by atoms with van der Waals surface area (Å²) in [6, 6.07) is 15.8. The average Bonchev–Trinajstić information content (AvgIpc) is 3.54. The molecule has 2 aromatic carbocycles. The van der Waals surface area contributed by atoms with Crippen molar-refractivity contribution in [1.82, 2.24) is 34.7 Å². The van der Waals surface area contributed by atoms with E-state index in [1.165, 1.54) is 0 Å². The lowest BCUT2D eigenvalue weighted by Crippen LogP contribution is -2.27. The van der Waals surface area contributed by atoms with Crippen LogP contribution in [0.3, 0.4) is 0 Å². The number of pyridine rings is 1. The minimum absolute atomic E-state index is 0.0946. The van der Waals surface area contributed by atoms with Gasteiger partial charge < -0.3 is 0 Å². The average molecular weight is 528 g/mol. The minimum Gasteiger partial charge on any atom is -0.292 e. The molecule has 5 rings (SSSR count). The molecule has 0 aliphatic rings. The number of tetrazole rings is 1. The summed E-state index contributed by atoms with van der Waals surface area (Å²) < 4.78 is 3.57.